The Kier molecular flexibility index (Phi) is 132. The minimum Gasteiger partial charge on any atom is -0.450 e. The molecule has 0 atom stereocenters. The standard InChI is InChI=1S/2C3H6.2C2H3N.2CH2O3/c2*1-3-2;2*1-2-3;2*2-1(3)4/h2*3H,1H2,2H3;2*1H3;2*(H2,2,3,4). The lowest BCUT2D eigenvalue weighted by Crippen LogP contribution is -1.81. The first-order valence-corrected chi connectivity index (χ1v) is 4.72. The quantitative estimate of drug-likeness (QED) is 0.488. The molecule has 0 aliphatic rings. The SMILES string of the molecule is C=CC.C=CC.CC#N.CC#N.O=C(O)O.O=C(O)O. The normalized spacial score (nSPS) is 4.50. The minimum absolute atomic E-state index is 1.43. The topological polar surface area (TPSA) is 163 Å². The third-order valence-electron chi connectivity index (χ3n) is 0. The van der Waals surface area contributed by atoms with Crippen LogP contribution in [0.5, 0.6) is 0 Å². The van der Waals surface area contributed by atoms with Crippen molar-refractivity contribution in [3.05, 3.63) is 25.3 Å². The monoisotopic (exact) mass is 290 g/mol. The lowest BCUT2D eigenvalue weighted by atomic mass is 10.8. The maximum atomic E-state index is 8.56. The van der Waals surface area contributed by atoms with Crippen LogP contribution in [-0.2, 0) is 0 Å². The molecule has 0 heterocycles. The largest absolute Gasteiger partial charge is 0.503 e. The number of carbonyl (C=O) groups is 2. The van der Waals surface area contributed by atoms with Gasteiger partial charge in [-0.05, 0) is 13.8 Å². The van der Waals surface area contributed by atoms with Crippen molar-refractivity contribution in [2.75, 3.05) is 0 Å². The first-order valence-electron chi connectivity index (χ1n) is 4.72. The van der Waals surface area contributed by atoms with Crippen molar-refractivity contribution in [1.29, 1.82) is 10.5 Å². The molecule has 0 saturated heterocycles. The maximum absolute atomic E-state index is 8.56. The van der Waals surface area contributed by atoms with Crippen LogP contribution >= 0.6 is 0 Å². The summed E-state index contributed by atoms with van der Waals surface area (Å²) in [4.78, 5) is 17.1. The molecule has 0 aliphatic heterocycles. The highest BCUT2D eigenvalue weighted by molar-refractivity contribution is 5.53. The van der Waals surface area contributed by atoms with Crippen LogP contribution in [0, 0.1) is 22.7 Å². The van der Waals surface area contributed by atoms with Gasteiger partial charge in [0.25, 0.3) is 0 Å². The molecule has 0 fully saturated rings. The first kappa shape index (κ1) is 36.0. The van der Waals surface area contributed by atoms with E-state index in [4.69, 9.17) is 40.5 Å². The fourth-order valence-corrected chi connectivity index (χ4v) is 0. The number of rotatable bonds is 0. The van der Waals surface area contributed by atoms with E-state index in [9.17, 15) is 0 Å². The van der Waals surface area contributed by atoms with Gasteiger partial charge in [0.05, 0.1) is 12.1 Å². The van der Waals surface area contributed by atoms with Crippen LogP contribution in [0.3, 0.4) is 0 Å². The average Bonchev–Trinajstić information content (AvgIpc) is 2.18. The second kappa shape index (κ2) is 73.5. The van der Waals surface area contributed by atoms with Gasteiger partial charge in [0, 0.05) is 13.8 Å². The van der Waals surface area contributed by atoms with Crippen molar-refractivity contribution < 1.29 is 30.0 Å². The molecule has 0 saturated carbocycles. The van der Waals surface area contributed by atoms with E-state index in [1.54, 1.807) is 24.3 Å². The van der Waals surface area contributed by atoms with Crippen molar-refractivity contribution in [3.63, 3.8) is 0 Å². The Morgan fingerprint density at radius 3 is 0.850 bits per heavy atom. The summed E-state index contributed by atoms with van der Waals surface area (Å²) in [6.07, 6.45) is -0.167. The maximum Gasteiger partial charge on any atom is 0.503 e. The summed E-state index contributed by atoms with van der Waals surface area (Å²) < 4.78 is 0. The molecule has 0 aromatic carbocycles. The van der Waals surface area contributed by atoms with Crippen molar-refractivity contribution in [1.82, 2.24) is 0 Å². The van der Waals surface area contributed by atoms with Gasteiger partial charge < -0.3 is 20.4 Å². The van der Waals surface area contributed by atoms with E-state index in [-0.39, 0.29) is 0 Å². The van der Waals surface area contributed by atoms with Gasteiger partial charge in [-0.25, -0.2) is 9.59 Å². The van der Waals surface area contributed by atoms with E-state index >= 15 is 0 Å². The predicted octanol–water partition coefficient (Wildman–Crippen LogP) is 3.89. The Hall–Kier alpha value is -3.00. The zero-order valence-electron chi connectivity index (χ0n) is 12.1. The van der Waals surface area contributed by atoms with Gasteiger partial charge in [0.1, 0.15) is 0 Å². The summed E-state index contributed by atoms with van der Waals surface area (Å²) in [5, 5.41) is 42.5. The summed E-state index contributed by atoms with van der Waals surface area (Å²) in [5.41, 5.74) is 0. The third-order valence-corrected chi connectivity index (χ3v) is 0. The van der Waals surface area contributed by atoms with Gasteiger partial charge in [-0.15, -0.1) is 13.2 Å². The van der Waals surface area contributed by atoms with Crippen LogP contribution < -0.4 is 0 Å². The second-order valence-electron chi connectivity index (χ2n) is 1.83. The fourth-order valence-electron chi connectivity index (χ4n) is 0. The molecule has 0 unspecified atom stereocenters. The minimum atomic E-state index is -1.83. The van der Waals surface area contributed by atoms with E-state index < -0.39 is 12.3 Å². The molecule has 8 heteroatoms. The van der Waals surface area contributed by atoms with Crippen LogP contribution in [0.4, 0.5) is 9.59 Å². The van der Waals surface area contributed by atoms with Gasteiger partial charge >= 0.3 is 12.3 Å². The van der Waals surface area contributed by atoms with Crippen molar-refractivity contribution in [2.45, 2.75) is 27.7 Å². The molecular formula is C12H22N2O6. The van der Waals surface area contributed by atoms with Crippen molar-refractivity contribution in [2.24, 2.45) is 0 Å². The predicted molar refractivity (Wildman–Crippen MR) is 75.6 cm³/mol. The van der Waals surface area contributed by atoms with Gasteiger partial charge in [-0.2, -0.15) is 10.5 Å². The Morgan fingerprint density at radius 2 is 0.850 bits per heavy atom. The smallest absolute Gasteiger partial charge is 0.450 e. The summed E-state index contributed by atoms with van der Waals surface area (Å²) in [6.45, 7) is 13.4. The van der Waals surface area contributed by atoms with Crippen LogP contribution in [0.1, 0.15) is 27.7 Å². The van der Waals surface area contributed by atoms with Crippen molar-refractivity contribution in [3.8, 4) is 12.1 Å². The van der Waals surface area contributed by atoms with Crippen LogP contribution in [0.25, 0.3) is 0 Å². The third kappa shape index (κ3) is 327. The van der Waals surface area contributed by atoms with Gasteiger partial charge in [0.2, 0.25) is 0 Å². The van der Waals surface area contributed by atoms with Crippen LogP contribution in [0.15, 0.2) is 25.3 Å². The van der Waals surface area contributed by atoms with Crippen LogP contribution in [-0.4, -0.2) is 32.7 Å². The number of hydrogen-bond acceptors (Lipinski definition) is 4. The summed E-state index contributed by atoms with van der Waals surface area (Å²) >= 11 is 0. The summed E-state index contributed by atoms with van der Waals surface area (Å²) in [7, 11) is 0. The Balaban J connectivity index is -0.0000000296. The second-order valence-corrected chi connectivity index (χ2v) is 1.83. The number of nitriles is 2. The number of hydrogen-bond donors (Lipinski definition) is 4. The number of allylic oxidation sites excluding steroid dienone is 2. The zero-order valence-corrected chi connectivity index (χ0v) is 12.1. The van der Waals surface area contributed by atoms with E-state index in [0.717, 1.165) is 0 Å². The molecule has 0 bridgehead atoms. The van der Waals surface area contributed by atoms with Gasteiger partial charge in [0.15, 0.2) is 0 Å². The number of nitrogens with zero attached hydrogens (tertiary/aromatic N) is 2. The molecule has 0 rings (SSSR count). The zero-order chi connectivity index (χ0) is 18.0. The molecule has 0 spiro atoms. The summed E-state index contributed by atoms with van der Waals surface area (Å²) in [6, 6.07) is 3.50. The average molecular weight is 290 g/mol. The lowest BCUT2D eigenvalue weighted by molar-refractivity contribution is 0.135. The first-order chi connectivity index (χ1) is 9.12. The Labute approximate surface area is 119 Å². The lowest BCUT2D eigenvalue weighted by Gasteiger charge is -1.60. The van der Waals surface area contributed by atoms with E-state index in [2.05, 4.69) is 13.2 Å². The molecule has 0 aromatic rings. The van der Waals surface area contributed by atoms with Gasteiger partial charge in [-0.3, -0.25) is 0 Å². The molecule has 4 N–H and O–H groups in total. The Morgan fingerprint density at radius 1 is 0.850 bits per heavy atom. The van der Waals surface area contributed by atoms with Crippen molar-refractivity contribution >= 4 is 12.3 Å². The van der Waals surface area contributed by atoms with E-state index in [0.29, 0.717) is 0 Å². The molecule has 8 nitrogen and oxygen atoms in total. The molecule has 0 aromatic heterocycles. The van der Waals surface area contributed by atoms with Crippen LogP contribution in [0.2, 0.25) is 0 Å². The molecule has 0 amide bonds. The van der Waals surface area contributed by atoms with Gasteiger partial charge in [-0.1, -0.05) is 12.2 Å². The molecule has 0 radical (unpaired) electrons. The molecule has 20 heavy (non-hydrogen) atoms. The number of carboxylic acid groups (broad SMARTS) is 4. The highest BCUT2D eigenvalue weighted by Crippen LogP contribution is 1.43. The highest BCUT2D eigenvalue weighted by Gasteiger charge is 1.70. The van der Waals surface area contributed by atoms with E-state index in [1.807, 2.05) is 13.8 Å². The molecule has 116 valence electrons. The Bertz CT molecular complexity index is 251. The van der Waals surface area contributed by atoms with E-state index in [1.165, 1.54) is 13.8 Å². The summed E-state index contributed by atoms with van der Waals surface area (Å²) in [5.74, 6) is 0. The molecular weight excluding hydrogens is 268 g/mol. The fraction of sp³-hybridized carbons (Fsp3) is 0.333. The highest BCUT2D eigenvalue weighted by atomic mass is 16.6. The molecule has 0 aliphatic carbocycles.